The minimum atomic E-state index is -0.0745. The van der Waals surface area contributed by atoms with Crippen LogP contribution in [0, 0.1) is 0 Å². The first-order chi connectivity index (χ1) is 15.0. The first-order valence-corrected chi connectivity index (χ1v) is 11.4. The summed E-state index contributed by atoms with van der Waals surface area (Å²) in [6.07, 6.45) is 3.70. The SMILES string of the molecule is CCCNC(=O)CN1CCC(NC(=NCCc2cccc(C(=O)NC)c2)NCC)CC1. The number of guanidine groups is 1. The lowest BCUT2D eigenvalue weighted by atomic mass is 10.1. The molecule has 2 amide bonds. The fourth-order valence-corrected chi connectivity index (χ4v) is 3.58. The average Bonchev–Trinajstić information content (AvgIpc) is 2.78. The molecule has 1 aliphatic rings. The highest BCUT2D eigenvalue weighted by atomic mass is 16.2. The van der Waals surface area contributed by atoms with Gasteiger partial charge >= 0.3 is 0 Å². The van der Waals surface area contributed by atoms with Gasteiger partial charge in [-0.15, -0.1) is 0 Å². The number of piperidine rings is 1. The summed E-state index contributed by atoms with van der Waals surface area (Å²) in [5.41, 5.74) is 1.76. The van der Waals surface area contributed by atoms with E-state index < -0.39 is 0 Å². The highest BCUT2D eigenvalue weighted by molar-refractivity contribution is 5.94. The van der Waals surface area contributed by atoms with Crippen molar-refractivity contribution in [3.63, 3.8) is 0 Å². The van der Waals surface area contributed by atoms with Gasteiger partial charge < -0.3 is 21.3 Å². The summed E-state index contributed by atoms with van der Waals surface area (Å²) < 4.78 is 0. The van der Waals surface area contributed by atoms with Crippen LogP contribution in [0.4, 0.5) is 0 Å². The molecule has 8 heteroatoms. The molecule has 8 nitrogen and oxygen atoms in total. The van der Waals surface area contributed by atoms with Gasteiger partial charge in [0, 0.05) is 51.4 Å². The van der Waals surface area contributed by atoms with Gasteiger partial charge in [-0.25, -0.2) is 0 Å². The molecular weight excluding hydrogens is 392 g/mol. The largest absolute Gasteiger partial charge is 0.357 e. The van der Waals surface area contributed by atoms with E-state index in [2.05, 4.69) is 40.0 Å². The number of aliphatic imine (C=N–C) groups is 1. The Morgan fingerprint density at radius 3 is 2.61 bits per heavy atom. The monoisotopic (exact) mass is 430 g/mol. The molecule has 0 aromatic heterocycles. The van der Waals surface area contributed by atoms with Crippen LogP contribution < -0.4 is 21.3 Å². The van der Waals surface area contributed by atoms with Crippen molar-refractivity contribution in [3.05, 3.63) is 35.4 Å². The predicted molar refractivity (Wildman–Crippen MR) is 125 cm³/mol. The number of hydrogen-bond acceptors (Lipinski definition) is 4. The molecule has 4 N–H and O–H groups in total. The lowest BCUT2D eigenvalue weighted by molar-refractivity contribution is -0.122. The van der Waals surface area contributed by atoms with Crippen LogP contribution in [-0.2, 0) is 11.2 Å². The van der Waals surface area contributed by atoms with Crippen LogP contribution in [-0.4, -0.2) is 75.0 Å². The number of benzene rings is 1. The third-order valence-corrected chi connectivity index (χ3v) is 5.30. The number of hydrogen-bond donors (Lipinski definition) is 4. The molecule has 1 aromatic rings. The fraction of sp³-hybridized carbons (Fsp3) is 0.609. The maximum absolute atomic E-state index is 11.9. The number of carbonyl (C=O) groups excluding carboxylic acids is 2. The second-order valence-corrected chi connectivity index (χ2v) is 7.83. The van der Waals surface area contributed by atoms with Crippen LogP contribution in [0.25, 0.3) is 0 Å². The van der Waals surface area contributed by atoms with Crippen molar-refractivity contribution >= 4 is 17.8 Å². The summed E-state index contributed by atoms with van der Waals surface area (Å²) in [5, 5.41) is 12.5. The minimum Gasteiger partial charge on any atom is -0.357 e. The van der Waals surface area contributed by atoms with Crippen molar-refractivity contribution in [1.29, 1.82) is 0 Å². The van der Waals surface area contributed by atoms with Gasteiger partial charge in [-0.05, 0) is 50.3 Å². The molecule has 0 unspecified atom stereocenters. The van der Waals surface area contributed by atoms with E-state index in [0.29, 0.717) is 24.7 Å². The third kappa shape index (κ3) is 8.96. The Morgan fingerprint density at radius 1 is 1.16 bits per heavy atom. The van der Waals surface area contributed by atoms with Crippen molar-refractivity contribution in [2.24, 2.45) is 4.99 Å². The number of rotatable bonds is 10. The summed E-state index contributed by atoms with van der Waals surface area (Å²) >= 11 is 0. The number of carbonyl (C=O) groups is 2. The predicted octanol–water partition coefficient (Wildman–Crippen LogP) is 1.13. The Bertz CT molecular complexity index is 729. The normalized spacial score (nSPS) is 15.4. The van der Waals surface area contributed by atoms with E-state index in [1.165, 1.54) is 0 Å². The first-order valence-electron chi connectivity index (χ1n) is 11.4. The molecule has 2 rings (SSSR count). The molecule has 1 saturated heterocycles. The quantitative estimate of drug-likeness (QED) is 0.330. The van der Waals surface area contributed by atoms with Crippen molar-refractivity contribution in [2.75, 3.05) is 46.3 Å². The Kier molecular flexibility index (Phi) is 10.9. The number of nitrogens with zero attached hydrogens (tertiary/aromatic N) is 2. The Hall–Kier alpha value is -2.61. The van der Waals surface area contributed by atoms with Crippen molar-refractivity contribution in [3.8, 4) is 0 Å². The topological polar surface area (TPSA) is 97.9 Å². The van der Waals surface area contributed by atoms with Crippen molar-refractivity contribution in [1.82, 2.24) is 26.2 Å². The van der Waals surface area contributed by atoms with Gasteiger partial charge in [0.15, 0.2) is 5.96 Å². The van der Waals surface area contributed by atoms with E-state index in [1.807, 2.05) is 24.3 Å². The zero-order valence-corrected chi connectivity index (χ0v) is 19.2. The Balaban J connectivity index is 1.80. The standard InChI is InChI=1S/C23H38N6O2/c1-4-12-26-21(30)17-29-14-10-20(11-15-29)28-23(25-5-2)27-13-9-18-7-6-8-19(16-18)22(31)24-3/h6-8,16,20H,4-5,9-15,17H2,1-3H3,(H,24,31)(H,26,30)(H2,25,27,28). The number of nitrogens with one attached hydrogen (secondary N) is 4. The maximum Gasteiger partial charge on any atom is 0.251 e. The summed E-state index contributed by atoms with van der Waals surface area (Å²) in [6.45, 7) is 8.60. The lowest BCUT2D eigenvalue weighted by Gasteiger charge is -2.32. The summed E-state index contributed by atoms with van der Waals surface area (Å²) in [5.74, 6) is 0.863. The van der Waals surface area contributed by atoms with Gasteiger partial charge in [0.25, 0.3) is 5.91 Å². The third-order valence-electron chi connectivity index (χ3n) is 5.30. The van der Waals surface area contributed by atoms with Crippen LogP contribution in [0.3, 0.4) is 0 Å². The van der Waals surface area contributed by atoms with E-state index >= 15 is 0 Å². The molecule has 31 heavy (non-hydrogen) atoms. The Labute approximate surface area is 186 Å². The molecule has 0 aliphatic carbocycles. The summed E-state index contributed by atoms with van der Waals surface area (Å²) in [6, 6.07) is 8.01. The van der Waals surface area contributed by atoms with Gasteiger partial charge in [0.05, 0.1) is 6.54 Å². The average molecular weight is 431 g/mol. The highest BCUT2D eigenvalue weighted by Crippen LogP contribution is 2.10. The van der Waals surface area contributed by atoms with E-state index in [0.717, 1.165) is 63.4 Å². The molecule has 1 fully saturated rings. The van der Waals surface area contributed by atoms with Crippen LogP contribution in [0.2, 0.25) is 0 Å². The highest BCUT2D eigenvalue weighted by Gasteiger charge is 2.21. The van der Waals surface area contributed by atoms with Crippen LogP contribution in [0.5, 0.6) is 0 Å². The maximum atomic E-state index is 11.9. The van der Waals surface area contributed by atoms with E-state index in [9.17, 15) is 9.59 Å². The van der Waals surface area contributed by atoms with Crippen molar-refractivity contribution < 1.29 is 9.59 Å². The smallest absolute Gasteiger partial charge is 0.251 e. The van der Waals surface area contributed by atoms with Gasteiger partial charge in [0.1, 0.15) is 0 Å². The van der Waals surface area contributed by atoms with E-state index in [-0.39, 0.29) is 11.8 Å². The molecule has 0 saturated carbocycles. The Morgan fingerprint density at radius 2 is 1.94 bits per heavy atom. The summed E-state index contributed by atoms with van der Waals surface area (Å²) in [7, 11) is 1.64. The van der Waals surface area contributed by atoms with Gasteiger partial charge in [0.2, 0.25) is 5.91 Å². The molecule has 172 valence electrons. The molecule has 1 aromatic carbocycles. The first kappa shape index (κ1) is 24.7. The lowest BCUT2D eigenvalue weighted by Crippen LogP contribution is -2.50. The molecule has 1 heterocycles. The molecule has 0 spiro atoms. The zero-order chi connectivity index (χ0) is 22.5. The second-order valence-electron chi connectivity index (χ2n) is 7.83. The van der Waals surface area contributed by atoms with Crippen molar-refractivity contribution in [2.45, 2.75) is 45.6 Å². The zero-order valence-electron chi connectivity index (χ0n) is 19.2. The van der Waals surface area contributed by atoms with E-state index in [4.69, 9.17) is 4.99 Å². The molecule has 0 radical (unpaired) electrons. The van der Waals surface area contributed by atoms with Gasteiger partial charge in [-0.2, -0.15) is 0 Å². The van der Waals surface area contributed by atoms with Crippen LogP contribution in [0.1, 0.15) is 49.0 Å². The number of amides is 2. The molecule has 1 aliphatic heterocycles. The van der Waals surface area contributed by atoms with Gasteiger partial charge in [-0.3, -0.25) is 19.5 Å². The summed E-state index contributed by atoms with van der Waals surface area (Å²) in [4.78, 5) is 30.6. The molecule has 0 atom stereocenters. The fourth-order valence-electron chi connectivity index (χ4n) is 3.58. The molecular formula is C23H38N6O2. The van der Waals surface area contributed by atoms with Crippen LogP contribution >= 0.6 is 0 Å². The minimum absolute atomic E-state index is 0.0745. The molecule has 0 bridgehead atoms. The van der Waals surface area contributed by atoms with E-state index in [1.54, 1.807) is 7.05 Å². The second kappa shape index (κ2) is 13.6. The van der Waals surface area contributed by atoms with Gasteiger partial charge in [-0.1, -0.05) is 19.1 Å². The number of likely N-dealkylation sites (tertiary alicyclic amines) is 1. The van der Waals surface area contributed by atoms with Crippen LogP contribution in [0.15, 0.2) is 29.3 Å².